The van der Waals surface area contributed by atoms with Gasteiger partial charge < -0.3 is 9.57 Å². The summed E-state index contributed by atoms with van der Waals surface area (Å²) in [5.74, 6) is 0.0207. The number of ether oxygens (including phenoxy) is 1. The largest absolute Gasteiger partial charge is 0.423 e. The molecule has 6 nitrogen and oxygen atoms in total. The fourth-order valence-electron chi connectivity index (χ4n) is 5.10. The molecule has 6 heteroatoms. The van der Waals surface area contributed by atoms with Gasteiger partial charge in [0.2, 0.25) is 0 Å². The first-order chi connectivity index (χ1) is 19.1. The average molecular weight is 521 g/mol. The highest BCUT2D eigenvalue weighted by Crippen LogP contribution is 2.47. The number of nitrogens with zero attached hydrogens (tertiary/aromatic N) is 1. The third-order valence-electron chi connectivity index (χ3n) is 7.13. The monoisotopic (exact) mass is 520 g/mol. The van der Waals surface area contributed by atoms with E-state index in [9.17, 15) is 9.59 Å². The molecule has 39 heavy (non-hydrogen) atoms. The van der Waals surface area contributed by atoms with Crippen LogP contribution in [0.2, 0.25) is 0 Å². The molecule has 2 unspecified atom stereocenters. The molecule has 0 fully saturated rings. The Hall–Kier alpha value is -4.58. The summed E-state index contributed by atoms with van der Waals surface area (Å²) >= 11 is 0. The second-order valence-electron chi connectivity index (χ2n) is 9.75. The fraction of sp³-hybridized carbons (Fsp3) is 0.212. The molecule has 1 aliphatic carbocycles. The van der Waals surface area contributed by atoms with Gasteiger partial charge in [0.05, 0.1) is 17.2 Å². The van der Waals surface area contributed by atoms with Crippen LogP contribution in [0.4, 0.5) is 0 Å². The zero-order valence-corrected chi connectivity index (χ0v) is 22.0. The Morgan fingerprint density at radius 2 is 1.59 bits per heavy atom. The van der Waals surface area contributed by atoms with Crippen LogP contribution in [0.25, 0.3) is 0 Å². The van der Waals surface area contributed by atoms with E-state index in [0.29, 0.717) is 11.3 Å². The number of unbranched alkanes of at least 4 members (excludes halogenated alkanes) is 1. The Balaban J connectivity index is 1.66. The van der Waals surface area contributed by atoms with Gasteiger partial charge in [0.25, 0.3) is 5.56 Å². The van der Waals surface area contributed by atoms with E-state index in [1.165, 1.54) is 10.9 Å². The predicted octanol–water partition coefficient (Wildman–Crippen LogP) is 6.20. The molecule has 1 N–H and O–H groups in total. The first kappa shape index (κ1) is 26.0. The normalized spacial score (nSPS) is 18.6. The van der Waals surface area contributed by atoms with E-state index in [2.05, 4.69) is 42.4 Å². The fourth-order valence-corrected chi connectivity index (χ4v) is 5.10. The number of aromatic amines is 1. The van der Waals surface area contributed by atoms with Gasteiger partial charge in [-0.05, 0) is 47.8 Å². The molecule has 0 amide bonds. The van der Waals surface area contributed by atoms with Gasteiger partial charge in [0, 0.05) is 12.0 Å². The van der Waals surface area contributed by atoms with Gasteiger partial charge >= 0.3 is 5.97 Å². The third-order valence-corrected chi connectivity index (χ3v) is 7.13. The smallest absolute Gasteiger partial charge is 0.343 e. The van der Waals surface area contributed by atoms with E-state index in [0.717, 1.165) is 36.0 Å². The lowest BCUT2D eigenvalue weighted by atomic mass is 9.64. The lowest BCUT2D eigenvalue weighted by Crippen LogP contribution is -2.42. The van der Waals surface area contributed by atoms with Gasteiger partial charge in [-0.15, -0.1) is 4.85 Å². The van der Waals surface area contributed by atoms with Gasteiger partial charge in [0.15, 0.2) is 0 Å². The Morgan fingerprint density at radius 1 is 0.923 bits per heavy atom. The van der Waals surface area contributed by atoms with Crippen LogP contribution in [0, 0.1) is 0 Å². The molecule has 1 aromatic heterocycles. The molecule has 0 saturated carbocycles. The molecule has 0 radical (unpaired) electrons. The molecule has 0 aliphatic heterocycles. The Kier molecular flexibility index (Phi) is 7.92. The van der Waals surface area contributed by atoms with Crippen LogP contribution in [0.5, 0.6) is 0 Å². The first-order valence-corrected chi connectivity index (χ1v) is 13.3. The summed E-state index contributed by atoms with van der Waals surface area (Å²) in [5, 5.41) is 2.66. The number of carbonyl (C=O) groups is 1. The number of rotatable bonds is 10. The molecule has 0 bridgehead atoms. The molecular weight excluding hydrogens is 488 g/mol. The van der Waals surface area contributed by atoms with Crippen molar-refractivity contribution >= 4 is 5.97 Å². The highest BCUT2D eigenvalue weighted by Gasteiger charge is 2.44. The summed E-state index contributed by atoms with van der Waals surface area (Å²) in [6.45, 7) is 2.34. The van der Waals surface area contributed by atoms with Crippen LogP contribution >= 0.6 is 0 Å². The van der Waals surface area contributed by atoms with Crippen LogP contribution < -0.4 is 10.4 Å². The summed E-state index contributed by atoms with van der Waals surface area (Å²) in [5.41, 5.74) is 2.62. The summed E-state index contributed by atoms with van der Waals surface area (Å²) < 4.78 is 6.14. The third kappa shape index (κ3) is 5.80. The molecule has 0 saturated heterocycles. The number of allylic oxidation sites excluding steroid dienone is 2. The molecule has 198 valence electrons. The lowest BCUT2D eigenvalue weighted by Gasteiger charge is -2.41. The van der Waals surface area contributed by atoms with Crippen LogP contribution in [0.15, 0.2) is 132 Å². The summed E-state index contributed by atoms with van der Waals surface area (Å²) in [7, 11) is 0. The van der Waals surface area contributed by atoms with Crippen molar-refractivity contribution in [3.05, 3.63) is 154 Å². The molecule has 0 spiro atoms. The zero-order valence-electron chi connectivity index (χ0n) is 22.0. The number of nitrogens with one attached hydrogen (secondary N) is 1. The van der Waals surface area contributed by atoms with Gasteiger partial charge in [-0.25, -0.2) is 9.89 Å². The Bertz CT molecular complexity index is 1500. The highest BCUT2D eigenvalue weighted by molar-refractivity contribution is 5.90. The summed E-state index contributed by atoms with van der Waals surface area (Å²) in [4.78, 5) is 32.5. The van der Waals surface area contributed by atoms with Gasteiger partial charge in [-0.3, -0.25) is 4.79 Å². The molecule has 5 rings (SSSR count). The Labute approximate surface area is 228 Å². The van der Waals surface area contributed by atoms with Crippen molar-refractivity contribution in [1.29, 1.82) is 0 Å². The van der Waals surface area contributed by atoms with E-state index in [-0.39, 0.29) is 18.1 Å². The van der Waals surface area contributed by atoms with Crippen LogP contribution in [0.3, 0.4) is 0 Å². The van der Waals surface area contributed by atoms with E-state index < -0.39 is 11.4 Å². The van der Waals surface area contributed by atoms with Crippen molar-refractivity contribution in [2.24, 2.45) is 0 Å². The number of benzene rings is 3. The predicted molar refractivity (Wildman–Crippen MR) is 151 cm³/mol. The second-order valence-corrected chi connectivity index (χ2v) is 9.75. The van der Waals surface area contributed by atoms with E-state index >= 15 is 0 Å². The number of hydrogen-bond acceptors (Lipinski definition) is 4. The molecule has 1 heterocycles. The quantitative estimate of drug-likeness (QED) is 0.253. The van der Waals surface area contributed by atoms with Crippen molar-refractivity contribution in [1.82, 2.24) is 9.94 Å². The summed E-state index contributed by atoms with van der Waals surface area (Å²) in [6, 6.07) is 30.8. The maximum Gasteiger partial charge on any atom is 0.343 e. The number of hydrogen-bond donors (Lipinski definition) is 1. The molecule has 2 atom stereocenters. The second kappa shape index (κ2) is 11.9. The van der Waals surface area contributed by atoms with Gasteiger partial charge in [-0.1, -0.05) is 98.3 Å². The van der Waals surface area contributed by atoms with Crippen molar-refractivity contribution in [3.8, 4) is 0 Å². The molecule has 3 aromatic carbocycles. The minimum atomic E-state index is -0.744. The number of H-pyrrole nitrogens is 1. The van der Waals surface area contributed by atoms with Crippen molar-refractivity contribution in [2.45, 2.75) is 37.5 Å². The molecule has 1 aliphatic rings. The average Bonchev–Trinajstić information content (AvgIpc) is 3.41. The van der Waals surface area contributed by atoms with E-state index in [1.807, 2.05) is 60.7 Å². The van der Waals surface area contributed by atoms with Crippen LogP contribution in [0.1, 0.15) is 53.6 Å². The number of aromatic nitrogens is 2. The van der Waals surface area contributed by atoms with Crippen molar-refractivity contribution in [2.75, 3.05) is 6.61 Å². The topological polar surface area (TPSA) is 73.3 Å². The van der Waals surface area contributed by atoms with Crippen molar-refractivity contribution < 1.29 is 14.4 Å². The zero-order chi connectivity index (χ0) is 27.1. The SMILES string of the molecule is CCCCC1=CC(c2ccccc2)C(COn2ccc(=O)[nH]2)(c2ccccc2)C=C1OC(=O)c1ccccc1. The van der Waals surface area contributed by atoms with Crippen LogP contribution in [-0.2, 0) is 10.2 Å². The maximum absolute atomic E-state index is 13.2. The lowest BCUT2D eigenvalue weighted by molar-refractivity contribution is 0.0466. The van der Waals surface area contributed by atoms with Gasteiger partial charge in [0.1, 0.15) is 12.4 Å². The molecular formula is C33H32N2O4. The number of carbonyl (C=O) groups excluding carboxylic acids is 1. The first-order valence-electron chi connectivity index (χ1n) is 13.3. The van der Waals surface area contributed by atoms with Crippen LogP contribution in [-0.4, -0.2) is 22.5 Å². The summed E-state index contributed by atoms with van der Waals surface area (Å²) in [6.07, 6.45) is 8.60. The molecule has 4 aromatic rings. The minimum absolute atomic E-state index is 0.116. The Morgan fingerprint density at radius 3 is 2.23 bits per heavy atom. The highest BCUT2D eigenvalue weighted by atomic mass is 16.7. The van der Waals surface area contributed by atoms with Crippen molar-refractivity contribution in [3.63, 3.8) is 0 Å². The minimum Gasteiger partial charge on any atom is -0.423 e. The van der Waals surface area contributed by atoms with E-state index in [4.69, 9.17) is 9.57 Å². The van der Waals surface area contributed by atoms with E-state index in [1.54, 1.807) is 18.3 Å². The number of esters is 1. The van der Waals surface area contributed by atoms with Gasteiger partial charge in [-0.2, -0.15) is 0 Å². The standard InChI is InChI=1S/C33H32N2O4/c1-2-3-13-27-22-29(25-14-7-4-8-15-25)33(28-18-11-6-12-19-28,24-38-35-21-20-31(36)34-35)23-30(27)39-32(37)26-16-9-5-10-17-26/h4-12,14-23,29H,2-3,13,24H2,1H3,(H,34,36). The maximum atomic E-state index is 13.2.